The lowest BCUT2D eigenvalue weighted by Crippen LogP contribution is -2.30. The Kier molecular flexibility index (Phi) is 5.97. The van der Waals surface area contributed by atoms with Crippen molar-refractivity contribution >= 4 is 11.6 Å². The Labute approximate surface area is 107 Å². The topological polar surface area (TPSA) is 50.4 Å². The molecule has 1 rings (SSSR count). The van der Waals surface area contributed by atoms with E-state index in [1.807, 2.05) is 0 Å². The van der Waals surface area contributed by atoms with Gasteiger partial charge in [0.25, 0.3) is 0 Å². The SMILES string of the molecule is CCCCNC(=O)CNc1ccc(OC)c(F)c1. The van der Waals surface area contributed by atoms with Crippen molar-refractivity contribution in [2.75, 3.05) is 25.5 Å². The number of hydrogen-bond donors (Lipinski definition) is 2. The highest BCUT2D eigenvalue weighted by Crippen LogP contribution is 2.20. The van der Waals surface area contributed by atoms with Gasteiger partial charge in [0.15, 0.2) is 11.6 Å². The van der Waals surface area contributed by atoms with Crippen molar-refractivity contribution in [1.29, 1.82) is 0 Å². The molecular weight excluding hydrogens is 235 g/mol. The van der Waals surface area contributed by atoms with Gasteiger partial charge in [-0.1, -0.05) is 13.3 Å². The summed E-state index contributed by atoms with van der Waals surface area (Å²) >= 11 is 0. The van der Waals surface area contributed by atoms with Gasteiger partial charge in [0.1, 0.15) is 0 Å². The minimum absolute atomic E-state index is 0.0975. The van der Waals surface area contributed by atoms with Gasteiger partial charge in [-0.15, -0.1) is 0 Å². The Hall–Kier alpha value is -1.78. The minimum Gasteiger partial charge on any atom is -0.494 e. The number of hydrogen-bond acceptors (Lipinski definition) is 3. The molecule has 0 saturated heterocycles. The molecule has 0 spiro atoms. The van der Waals surface area contributed by atoms with Crippen LogP contribution in [-0.2, 0) is 4.79 Å². The van der Waals surface area contributed by atoms with Crippen molar-refractivity contribution in [1.82, 2.24) is 5.32 Å². The van der Waals surface area contributed by atoms with E-state index >= 15 is 0 Å². The predicted octanol–water partition coefficient (Wildman–Crippen LogP) is 2.16. The number of methoxy groups -OCH3 is 1. The average molecular weight is 254 g/mol. The van der Waals surface area contributed by atoms with Crippen LogP contribution in [-0.4, -0.2) is 26.1 Å². The maximum absolute atomic E-state index is 13.4. The Morgan fingerprint density at radius 2 is 2.22 bits per heavy atom. The van der Waals surface area contributed by atoms with E-state index in [-0.39, 0.29) is 18.2 Å². The number of benzene rings is 1. The van der Waals surface area contributed by atoms with Gasteiger partial charge in [-0.3, -0.25) is 4.79 Å². The van der Waals surface area contributed by atoms with Gasteiger partial charge < -0.3 is 15.4 Å². The smallest absolute Gasteiger partial charge is 0.239 e. The van der Waals surface area contributed by atoms with E-state index in [2.05, 4.69) is 17.6 Å². The number of unbranched alkanes of at least 4 members (excludes halogenated alkanes) is 1. The Morgan fingerprint density at radius 3 is 2.83 bits per heavy atom. The van der Waals surface area contributed by atoms with Crippen LogP contribution in [0, 0.1) is 5.82 Å². The second-order valence-corrected chi connectivity index (χ2v) is 3.91. The molecule has 0 saturated carbocycles. The van der Waals surface area contributed by atoms with Gasteiger partial charge in [-0.05, 0) is 18.6 Å². The lowest BCUT2D eigenvalue weighted by molar-refractivity contribution is -0.119. The van der Waals surface area contributed by atoms with Gasteiger partial charge in [0, 0.05) is 18.3 Å². The molecule has 0 fully saturated rings. The lowest BCUT2D eigenvalue weighted by Gasteiger charge is -2.08. The maximum Gasteiger partial charge on any atom is 0.239 e. The van der Waals surface area contributed by atoms with Crippen molar-refractivity contribution in [3.63, 3.8) is 0 Å². The van der Waals surface area contributed by atoms with Crippen LogP contribution in [0.2, 0.25) is 0 Å². The van der Waals surface area contributed by atoms with E-state index in [4.69, 9.17) is 4.74 Å². The molecule has 1 aromatic rings. The number of carbonyl (C=O) groups is 1. The van der Waals surface area contributed by atoms with Crippen LogP contribution >= 0.6 is 0 Å². The summed E-state index contributed by atoms with van der Waals surface area (Å²) in [5.41, 5.74) is 0.555. The molecule has 0 aliphatic rings. The molecule has 0 aliphatic carbocycles. The van der Waals surface area contributed by atoms with Crippen molar-refractivity contribution in [2.24, 2.45) is 0 Å². The van der Waals surface area contributed by atoms with E-state index in [9.17, 15) is 9.18 Å². The van der Waals surface area contributed by atoms with Gasteiger partial charge in [-0.25, -0.2) is 4.39 Å². The second kappa shape index (κ2) is 7.53. The van der Waals surface area contributed by atoms with Gasteiger partial charge >= 0.3 is 0 Å². The first kappa shape index (κ1) is 14.3. The first-order chi connectivity index (χ1) is 8.67. The normalized spacial score (nSPS) is 9.94. The number of amides is 1. The van der Waals surface area contributed by atoms with E-state index < -0.39 is 5.82 Å². The molecule has 0 unspecified atom stereocenters. The molecule has 18 heavy (non-hydrogen) atoms. The van der Waals surface area contributed by atoms with Crippen molar-refractivity contribution in [3.05, 3.63) is 24.0 Å². The first-order valence-corrected chi connectivity index (χ1v) is 6.01. The van der Waals surface area contributed by atoms with Crippen LogP contribution in [0.4, 0.5) is 10.1 Å². The van der Waals surface area contributed by atoms with Crippen LogP contribution in [0.15, 0.2) is 18.2 Å². The molecule has 0 aliphatic heterocycles. The zero-order valence-corrected chi connectivity index (χ0v) is 10.8. The lowest BCUT2D eigenvalue weighted by atomic mass is 10.3. The summed E-state index contributed by atoms with van der Waals surface area (Å²) in [4.78, 5) is 11.4. The highest BCUT2D eigenvalue weighted by atomic mass is 19.1. The van der Waals surface area contributed by atoms with Crippen molar-refractivity contribution < 1.29 is 13.9 Å². The third kappa shape index (κ3) is 4.61. The number of halogens is 1. The molecule has 0 heterocycles. The molecule has 4 nitrogen and oxygen atoms in total. The van der Waals surface area contributed by atoms with Crippen molar-refractivity contribution in [2.45, 2.75) is 19.8 Å². The van der Waals surface area contributed by atoms with Crippen LogP contribution in [0.25, 0.3) is 0 Å². The zero-order valence-electron chi connectivity index (χ0n) is 10.8. The molecule has 0 aromatic heterocycles. The number of ether oxygens (including phenoxy) is 1. The molecule has 1 aromatic carbocycles. The van der Waals surface area contributed by atoms with E-state index in [1.54, 1.807) is 6.07 Å². The van der Waals surface area contributed by atoms with Crippen LogP contribution < -0.4 is 15.4 Å². The third-order valence-corrected chi connectivity index (χ3v) is 2.46. The summed E-state index contributed by atoms with van der Waals surface area (Å²) in [6.45, 7) is 2.87. The highest BCUT2D eigenvalue weighted by Gasteiger charge is 2.04. The quantitative estimate of drug-likeness (QED) is 0.733. The number of anilines is 1. The van der Waals surface area contributed by atoms with Crippen LogP contribution in [0.1, 0.15) is 19.8 Å². The summed E-state index contributed by atoms with van der Waals surface area (Å²) in [6.07, 6.45) is 2.00. The summed E-state index contributed by atoms with van der Waals surface area (Å²) in [5, 5.41) is 5.63. The van der Waals surface area contributed by atoms with E-state index in [0.29, 0.717) is 12.2 Å². The number of rotatable bonds is 7. The molecular formula is C13H19FN2O2. The monoisotopic (exact) mass is 254 g/mol. The average Bonchev–Trinajstić information content (AvgIpc) is 2.37. The standard InChI is InChI=1S/C13H19FN2O2/c1-3-4-7-15-13(17)9-16-10-5-6-12(18-2)11(14)8-10/h5-6,8,16H,3-4,7,9H2,1-2H3,(H,15,17). The Bertz CT molecular complexity index is 397. The number of carbonyl (C=O) groups excluding carboxylic acids is 1. The fourth-order valence-corrected chi connectivity index (χ4v) is 1.43. The molecule has 1 amide bonds. The fraction of sp³-hybridized carbons (Fsp3) is 0.462. The largest absolute Gasteiger partial charge is 0.494 e. The summed E-state index contributed by atoms with van der Waals surface area (Å²) < 4.78 is 18.2. The van der Waals surface area contributed by atoms with Crippen LogP contribution in [0.5, 0.6) is 5.75 Å². The molecule has 0 bridgehead atoms. The van der Waals surface area contributed by atoms with E-state index in [0.717, 1.165) is 12.8 Å². The predicted molar refractivity (Wildman–Crippen MR) is 69.4 cm³/mol. The Morgan fingerprint density at radius 1 is 1.44 bits per heavy atom. The minimum atomic E-state index is -0.450. The van der Waals surface area contributed by atoms with Gasteiger partial charge in [0.2, 0.25) is 5.91 Å². The second-order valence-electron chi connectivity index (χ2n) is 3.91. The maximum atomic E-state index is 13.4. The molecule has 2 N–H and O–H groups in total. The number of nitrogens with one attached hydrogen (secondary N) is 2. The zero-order chi connectivity index (χ0) is 13.4. The van der Waals surface area contributed by atoms with Gasteiger partial charge in [0.05, 0.1) is 13.7 Å². The first-order valence-electron chi connectivity index (χ1n) is 6.01. The van der Waals surface area contributed by atoms with Crippen molar-refractivity contribution in [3.8, 4) is 5.75 Å². The summed E-state index contributed by atoms with van der Waals surface area (Å²) in [5.74, 6) is -0.360. The van der Waals surface area contributed by atoms with Gasteiger partial charge in [-0.2, -0.15) is 0 Å². The molecule has 5 heteroatoms. The summed E-state index contributed by atoms with van der Waals surface area (Å²) in [7, 11) is 1.41. The molecule has 0 atom stereocenters. The highest BCUT2D eigenvalue weighted by molar-refractivity contribution is 5.80. The fourth-order valence-electron chi connectivity index (χ4n) is 1.43. The molecule has 0 radical (unpaired) electrons. The van der Waals surface area contributed by atoms with E-state index in [1.165, 1.54) is 19.2 Å². The van der Waals surface area contributed by atoms with Crippen LogP contribution in [0.3, 0.4) is 0 Å². The third-order valence-electron chi connectivity index (χ3n) is 2.46. The molecule has 100 valence electrons. The summed E-state index contributed by atoms with van der Waals surface area (Å²) in [6, 6.07) is 4.49. The Balaban J connectivity index is 2.39.